The first kappa shape index (κ1) is 15.7. The smallest absolute Gasteiger partial charge is 0.332 e. The zero-order valence-electron chi connectivity index (χ0n) is 13.6. The number of hydrogen-bond acceptors (Lipinski definition) is 4. The van der Waals surface area contributed by atoms with Crippen LogP contribution >= 0.6 is 11.3 Å². The molecule has 0 aliphatic heterocycles. The highest BCUT2D eigenvalue weighted by Crippen LogP contribution is 2.18. The molecule has 4 rings (SSSR count). The van der Waals surface area contributed by atoms with E-state index in [1.807, 2.05) is 42.6 Å². The van der Waals surface area contributed by atoms with Crippen molar-refractivity contribution in [3.63, 3.8) is 0 Å². The van der Waals surface area contributed by atoms with Gasteiger partial charge in [-0.2, -0.15) is 0 Å². The number of furan rings is 1. The minimum absolute atomic E-state index is 0.131. The quantitative estimate of drug-likeness (QED) is 0.567. The fourth-order valence-corrected chi connectivity index (χ4v) is 3.78. The number of fused-ring (bicyclic) bond motifs is 1. The van der Waals surface area contributed by atoms with Crippen molar-refractivity contribution in [2.75, 3.05) is 0 Å². The Bertz CT molecular complexity index is 1150. The van der Waals surface area contributed by atoms with Gasteiger partial charge in [0.25, 0.3) is 5.56 Å². The van der Waals surface area contributed by atoms with Crippen molar-refractivity contribution >= 4 is 21.6 Å². The Morgan fingerprint density at radius 3 is 2.60 bits per heavy atom. The molecule has 126 valence electrons. The van der Waals surface area contributed by atoms with Gasteiger partial charge in [0, 0.05) is 0 Å². The lowest BCUT2D eigenvalue weighted by Crippen LogP contribution is -2.40. The Labute approximate surface area is 147 Å². The summed E-state index contributed by atoms with van der Waals surface area (Å²) < 4.78 is 8.81. The molecule has 0 atom stereocenters. The standard InChI is InChI=1S/C19H16N2O3S/c1-13-5-2-3-6-14(13)11-20-16-8-10-25-17(16)18(22)21(19(20)23)12-15-7-4-9-24-15/h2-10H,11-12H2,1H3. The highest BCUT2D eigenvalue weighted by atomic mass is 32.1. The van der Waals surface area contributed by atoms with Gasteiger partial charge in [0.05, 0.1) is 24.9 Å². The summed E-state index contributed by atoms with van der Waals surface area (Å²) in [5.74, 6) is 0.581. The first-order valence-electron chi connectivity index (χ1n) is 7.93. The van der Waals surface area contributed by atoms with Gasteiger partial charge in [-0.3, -0.25) is 13.9 Å². The van der Waals surface area contributed by atoms with Crippen LogP contribution in [0.15, 0.2) is 68.1 Å². The van der Waals surface area contributed by atoms with Gasteiger partial charge < -0.3 is 4.42 Å². The van der Waals surface area contributed by atoms with Crippen LogP contribution in [0.1, 0.15) is 16.9 Å². The van der Waals surface area contributed by atoms with Gasteiger partial charge in [-0.25, -0.2) is 4.79 Å². The van der Waals surface area contributed by atoms with Gasteiger partial charge in [0.15, 0.2) is 0 Å². The molecule has 0 radical (unpaired) electrons. The molecular formula is C19H16N2O3S. The fraction of sp³-hybridized carbons (Fsp3) is 0.158. The highest BCUT2D eigenvalue weighted by Gasteiger charge is 2.16. The summed E-state index contributed by atoms with van der Waals surface area (Å²) in [6.07, 6.45) is 1.54. The Balaban J connectivity index is 1.91. The molecule has 4 aromatic rings. The second kappa shape index (κ2) is 6.22. The van der Waals surface area contributed by atoms with Crippen LogP contribution in [0, 0.1) is 6.92 Å². The van der Waals surface area contributed by atoms with Crippen LogP contribution in [0.2, 0.25) is 0 Å². The molecule has 0 saturated carbocycles. The van der Waals surface area contributed by atoms with Crippen LogP contribution in [0.4, 0.5) is 0 Å². The molecule has 0 spiro atoms. The monoisotopic (exact) mass is 352 g/mol. The topological polar surface area (TPSA) is 57.1 Å². The number of hydrogen-bond donors (Lipinski definition) is 0. The summed E-state index contributed by atoms with van der Waals surface area (Å²) in [5.41, 5.74) is 2.25. The highest BCUT2D eigenvalue weighted by molar-refractivity contribution is 7.17. The van der Waals surface area contributed by atoms with Crippen LogP contribution in [0.25, 0.3) is 10.2 Å². The van der Waals surface area contributed by atoms with Crippen molar-refractivity contribution in [1.29, 1.82) is 0 Å². The molecule has 3 aromatic heterocycles. The molecule has 5 nitrogen and oxygen atoms in total. The molecule has 0 amide bonds. The third-order valence-corrected chi connectivity index (χ3v) is 5.21. The molecular weight excluding hydrogens is 336 g/mol. The average molecular weight is 352 g/mol. The Hall–Kier alpha value is -2.86. The maximum Gasteiger partial charge on any atom is 0.332 e. The van der Waals surface area contributed by atoms with Crippen molar-refractivity contribution < 1.29 is 4.42 Å². The van der Waals surface area contributed by atoms with Crippen molar-refractivity contribution in [2.24, 2.45) is 0 Å². The molecule has 0 N–H and O–H groups in total. The van der Waals surface area contributed by atoms with Gasteiger partial charge in [0.1, 0.15) is 10.5 Å². The minimum atomic E-state index is -0.324. The van der Waals surface area contributed by atoms with E-state index in [2.05, 4.69) is 0 Å². The van der Waals surface area contributed by atoms with Gasteiger partial charge in [-0.15, -0.1) is 11.3 Å². The Kier molecular flexibility index (Phi) is 3.89. The van der Waals surface area contributed by atoms with Gasteiger partial charge in [-0.05, 0) is 41.6 Å². The maximum absolute atomic E-state index is 13.0. The molecule has 0 fully saturated rings. The number of thiophene rings is 1. The summed E-state index contributed by atoms with van der Waals surface area (Å²) in [5, 5.41) is 1.84. The predicted octanol–water partition coefficient (Wildman–Crippen LogP) is 3.22. The van der Waals surface area contributed by atoms with Crippen LogP contribution in [0.3, 0.4) is 0 Å². The molecule has 6 heteroatoms. The third-order valence-electron chi connectivity index (χ3n) is 4.32. The van der Waals surface area contributed by atoms with E-state index in [4.69, 9.17) is 4.42 Å². The molecule has 0 aliphatic carbocycles. The number of aryl methyl sites for hydroxylation is 1. The lowest BCUT2D eigenvalue weighted by atomic mass is 10.1. The van der Waals surface area contributed by atoms with E-state index < -0.39 is 0 Å². The predicted molar refractivity (Wildman–Crippen MR) is 98.4 cm³/mol. The molecule has 0 unspecified atom stereocenters. The van der Waals surface area contributed by atoms with Gasteiger partial charge in [0.2, 0.25) is 0 Å². The largest absolute Gasteiger partial charge is 0.467 e. The number of benzene rings is 1. The minimum Gasteiger partial charge on any atom is -0.467 e. The molecule has 3 heterocycles. The normalized spacial score (nSPS) is 11.2. The van der Waals surface area contributed by atoms with Crippen LogP contribution in [-0.2, 0) is 13.1 Å². The zero-order valence-corrected chi connectivity index (χ0v) is 14.5. The summed E-state index contributed by atoms with van der Waals surface area (Å²) >= 11 is 1.35. The molecule has 0 aliphatic rings. The van der Waals surface area contributed by atoms with E-state index in [0.717, 1.165) is 11.1 Å². The van der Waals surface area contributed by atoms with E-state index in [1.165, 1.54) is 22.2 Å². The SMILES string of the molecule is Cc1ccccc1Cn1c(=O)n(Cc2ccco2)c(=O)c2sccc21. The first-order chi connectivity index (χ1) is 12.1. The van der Waals surface area contributed by atoms with E-state index in [9.17, 15) is 9.59 Å². The second-order valence-electron chi connectivity index (χ2n) is 5.90. The lowest BCUT2D eigenvalue weighted by molar-refractivity contribution is 0.479. The van der Waals surface area contributed by atoms with Crippen molar-refractivity contribution in [2.45, 2.75) is 20.0 Å². The molecule has 0 saturated heterocycles. The Morgan fingerprint density at radius 2 is 1.84 bits per heavy atom. The average Bonchev–Trinajstić information content (AvgIpc) is 3.29. The second-order valence-corrected chi connectivity index (χ2v) is 6.82. The van der Waals surface area contributed by atoms with Crippen molar-refractivity contribution in [1.82, 2.24) is 9.13 Å². The summed E-state index contributed by atoms with van der Waals surface area (Å²) in [6, 6.07) is 13.3. The first-order valence-corrected chi connectivity index (χ1v) is 8.81. The summed E-state index contributed by atoms with van der Waals surface area (Å²) in [6.45, 7) is 2.58. The number of aromatic nitrogens is 2. The van der Waals surface area contributed by atoms with Crippen LogP contribution < -0.4 is 11.2 Å². The van der Waals surface area contributed by atoms with Crippen LogP contribution in [-0.4, -0.2) is 9.13 Å². The van der Waals surface area contributed by atoms with E-state index >= 15 is 0 Å². The van der Waals surface area contributed by atoms with E-state index in [1.54, 1.807) is 16.7 Å². The lowest BCUT2D eigenvalue weighted by Gasteiger charge is -2.13. The summed E-state index contributed by atoms with van der Waals surface area (Å²) in [7, 11) is 0. The van der Waals surface area contributed by atoms with Crippen LogP contribution in [0.5, 0.6) is 0 Å². The zero-order chi connectivity index (χ0) is 17.4. The van der Waals surface area contributed by atoms with Gasteiger partial charge >= 0.3 is 5.69 Å². The van der Waals surface area contributed by atoms with Gasteiger partial charge in [-0.1, -0.05) is 24.3 Å². The van der Waals surface area contributed by atoms with E-state index in [-0.39, 0.29) is 17.8 Å². The van der Waals surface area contributed by atoms with Crippen molar-refractivity contribution in [3.05, 3.63) is 91.8 Å². The summed E-state index contributed by atoms with van der Waals surface area (Å²) in [4.78, 5) is 25.8. The Morgan fingerprint density at radius 1 is 1.00 bits per heavy atom. The number of nitrogens with zero attached hydrogens (tertiary/aromatic N) is 2. The molecule has 0 bridgehead atoms. The number of rotatable bonds is 4. The maximum atomic E-state index is 13.0. The molecule has 25 heavy (non-hydrogen) atoms. The third kappa shape index (κ3) is 2.74. The van der Waals surface area contributed by atoms with E-state index in [0.29, 0.717) is 22.5 Å². The molecule has 1 aromatic carbocycles. The fourth-order valence-electron chi connectivity index (χ4n) is 2.94. The van der Waals surface area contributed by atoms with Crippen molar-refractivity contribution in [3.8, 4) is 0 Å².